The molecule has 0 aromatic heterocycles. The summed E-state index contributed by atoms with van der Waals surface area (Å²) in [5.41, 5.74) is 8.59. The predicted octanol–water partition coefficient (Wildman–Crippen LogP) is 1.60. The van der Waals surface area contributed by atoms with Crippen LogP contribution in [0.4, 0.5) is 0 Å². The molecule has 1 rings (SSSR count). The molecule has 19 heavy (non-hydrogen) atoms. The number of nitrogens with one attached hydrogen (secondary N) is 1. The van der Waals surface area contributed by atoms with Gasteiger partial charge >= 0.3 is 0 Å². The largest absolute Gasteiger partial charge is 0.409 e. The summed E-state index contributed by atoms with van der Waals surface area (Å²) in [5.74, 6) is 0.132. The van der Waals surface area contributed by atoms with Crippen molar-refractivity contribution in [3.8, 4) is 0 Å². The maximum absolute atomic E-state index is 8.64. The van der Waals surface area contributed by atoms with Crippen LogP contribution in [0, 0.1) is 6.92 Å². The van der Waals surface area contributed by atoms with E-state index >= 15 is 0 Å². The fourth-order valence-electron chi connectivity index (χ4n) is 1.75. The molecule has 0 aliphatic rings. The quantitative estimate of drug-likeness (QED) is 0.303. The van der Waals surface area contributed by atoms with E-state index in [1.807, 2.05) is 32.0 Å². The summed E-state index contributed by atoms with van der Waals surface area (Å²) >= 11 is 0. The van der Waals surface area contributed by atoms with Crippen LogP contribution in [-0.4, -0.2) is 30.3 Å². The maximum Gasteiger partial charge on any atom is 0.170 e. The van der Waals surface area contributed by atoms with Crippen LogP contribution >= 0.6 is 0 Å². The molecule has 106 valence electrons. The average Bonchev–Trinajstić information content (AvgIpc) is 2.42. The summed E-state index contributed by atoms with van der Waals surface area (Å²) in [4.78, 5) is 0. The van der Waals surface area contributed by atoms with Crippen LogP contribution in [0.15, 0.2) is 23.4 Å². The third-order valence-electron chi connectivity index (χ3n) is 2.96. The minimum atomic E-state index is 0.132. The second-order valence-electron chi connectivity index (χ2n) is 4.57. The number of nitrogens with two attached hydrogens (primary N) is 1. The average molecular weight is 265 g/mol. The first-order valence-corrected chi connectivity index (χ1v) is 6.47. The highest BCUT2D eigenvalue weighted by Crippen LogP contribution is 2.11. The Kier molecular flexibility index (Phi) is 6.32. The van der Waals surface area contributed by atoms with E-state index in [4.69, 9.17) is 15.7 Å². The van der Waals surface area contributed by atoms with E-state index in [-0.39, 0.29) is 5.84 Å². The van der Waals surface area contributed by atoms with Gasteiger partial charge in [-0.15, -0.1) is 0 Å². The zero-order valence-corrected chi connectivity index (χ0v) is 11.8. The molecule has 0 bridgehead atoms. The summed E-state index contributed by atoms with van der Waals surface area (Å²) in [6.45, 7) is 8.31. The third-order valence-corrected chi connectivity index (χ3v) is 2.96. The van der Waals surface area contributed by atoms with Crippen LogP contribution in [0.2, 0.25) is 0 Å². The van der Waals surface area contributed by atoms with Gasteiger partial charge in [0.25, 0.3) is 0 Å². The van der Waals surface area contributed by atoms with Crippen LogP contribution in [0.1, 0.15) is 30.5 Å². The van der Waals surface area contributed by atoms with Gasteiger partial charge in [-0.25, -0.2) is 0 Å². The number of hydrogen-bond acceptors (Lipinski definition) is 4. The van der Waals surface area contributed by atoms with Crippen LogP contribution in [0.25, 0.3) is 0 Å². The first kappa shape index (κ1) is 15.5. The highest BCUT2D eigenvalue weighted by molar-refractivity contribution is 5.97. The number of ether oxygens (including phenoxy) is 1. The Morgan fingerprint density at radius 2 is 2.26 bits per heavy atom. The van der Waals surface area contributed by atoms with Crippen molar-refractivity contribution in [3.05, 3.63) is 34.9 Å². The van der Waals surface area contributed by atoms with Gasteiger partial charge in [0.2, 0.25) is 0 Å². The standard InChI is InChI=1S/C14H23N3O2/c1-4-19-9-11(3)16-8-13-6-5-12(7-10(13)2)14(15)17-18/h5-7,11,16,18H,4,8-9H2,1-3H3,(H2,15,17). The summed E-state index contributed by atoms with van der Waals surface area (Å²) < 4.78 is 5.36. The lowest BCUT2D eigenvalue weighted by Crippen LogP contribution is -2.30. The summed E-state index contributed by atoms with van der Waals surface area (Å²) in [6.07, 6.45) is 0. The Bertz CT molecular complexity index is 433. The molecule has 0 radical (unpaired) electrons. The van der Waals surface area contributed by atoms with E-state index in [0.717, 1.165) is 24.3 Å². The smallest absolute Gasteiger partial charge is 0.170 e. The lowest BCUT2D eigenvalue weighted by atomic mass is 10.0. The molecule has 0 saturated carbocycles. The number of hydrogen-bond donors (Lipinski definition) is 3. The molecule has 1 aromatic carbocycles. The van der Waals surface area contributed by atoms with E-state index in [1.54, 1.807) is 0 Å². The molecule has 1 aromatic rings. The Hall–Kier alpha value is -1.59. The summed E-state index contributed by atoms with van der Waals surface area (Å²) in [6, 6.07) is 6.07. The second-order valence-corrected chi connectivity index (χ2v) is 4.57. The molecule has 1 atom stereocenters. The molecule has 0 aliphatic heterocycles. The van der Waals surface area contributed by atoms with Gasteiger partial charge in [-0.05, 0) is 38.0 Å². The molecule has 4 N–H and O–H groups in total. The van der Waals surface area contributed by atoms with E-state index in [9.17, 15) is 0 Å². The highest BCUT2D eigenvalue weighted by atomic mass is 16.5. The second kappa shape index (κ2) is 7.76. The summed E-state index contributed by atoms with van der Waals surface area (Å²) in [7, 11) is 0. The van der Waals surface area contributed by atoms with E-state index in [0.29, 0.717) is 12.6 Å². The highest BCUT2D eigenvalue weighted by Gasteiger charge is 2.05. The van der Waals surface area contributed by atoms with Crippen molar-refractivity contribution in [1.82, 2.24) is 5.32 Å². The van der Waals surface area contributed by atoms with Crippen molar-refractivity contribution in [2.75, 3.05) is 13.2 Å². The molecule has 0 spiro atoms. The van der Waals surface area contributed by atoms with Gasteiger partial charge < -0.3 is 21.0 Å². The zero-order valence-electron chi connectivity index (χ0n) is 11.8. The molecule has 0 aliphatic carbocycles. The van der Waals surface area contributed by atoms with Gasteiger partial charge in [0, 0.05) is 24.8 Å². The number of oxime groups is 1. The molecule has 0 heterocycles. The number of nitrogens with zero attached hydrogens (tertiary/aromatic N) is 1. The molecule has 0 saturated heterocycles. The van der Waals surface area contributed by atoms with Gasteiger partial charge in [0.05, 0.1) is 6.61 Å². The third kappa shape index (κ3) is 4.89. The lowest BCUT2D eigenvalue weighted by molar-refractivity contribution is 0.127. The van der Waals surface area contributed by atoms with Crippen molar-refractivity contribution in [2.45, 2.75) is 33.4 Å². The van der Waals surface area contributed by atoms with Gasteiger partial charge in [-0.2, -0.15) is 0 Å². The fourth-order valence-corrected chi connectivity index (χ4v) is 1.75. The van der Waals surface area contributed by atoms with Crippen molar-refractivity contribution in [1.29, 1.82) is 0 Å². The molecule has 5 nitrogen and oxygen atoms in total. The monoisotopic (exact) mass is 265 g/mol. The van der Waals surface area contributed by atoms with Crippen molar-refractivity contribution in [3.63, 3.8) is 0 Å². The van der Waals surface area contributed by atoms with Crippen LogP contribution < -0.4 is 11.1 Å². The first-order valence-electron chi connectivity index (χ1n) is 6.47. The lowest BCUT2D eigenvalue weighted by Gasteiger charge is -2.15. The molecule has 0 fully saturated rings. The van der Waals surface area contributed by atoms with Gasteiger partial charge in [-0.1, -0.05) is 17.3 Å². The van der Waals surface area contributed by atoms with Crippen molar-refractivity contribution in [2.24, 2.45) is 10.9 Å². The van der Waals surface area contributed by atoms with E-state index in [1.165, 1.54) is 5.56 Å². The normalized spacial score (nSPS) is 13.5. The van der Waals surface area contributed by atoms with Crippen LogP contribution in [-0.2, 0) is 11.3 Å². The molecule has 1 unspecified atom stereocenters. The minimum absolute atomic E-state index is 0.132. The number of rotatable bonds is 7. The fraction of sp³-hybridized carbons (Fsp3) is 0.500. The maximum atomic E-state index is 8.64. The number of benzene rings is 1. The van der Waals surface area contributed by atoms with Crippen LogP contribution in [0.5, 0.6) is 0 Å². The molecular formula is C14H23N3O2. The topological polar surface area (TPSA) is 79.9 Å². The van der Waals surface area contributed by atoms with Crippen molar-refractivity contribution < 1.29 is 9.94 Å². The van der Waals surface area contributed by atoms with Gasteiger partial charge in [0.15, 0.2) is 5.84 Å². The van der Waals surface area contributed by atoms with E-state index < -0.39 is 0 Å². The minimum Gasteiger partial charge on any atom is -0.409 e. The Morgan fingerprint density at radius 3 is 2.84 bits per heavy atom. The van der Waals surface area contributed by atoms with Gasteiger partial charge in [0.1, 0.15) is 0 Å². The van der Waals surface area contributed by atoms with Crippen molar-refractivity contribution >= 4 is 5.84 Å². The Balaban J connectivity index is 2.60. The predicted molar refractivity (Wildman–Crippen MR) is 76.5 cm³/mol. The summed E-state index contributed by atoms with van der Waals surface area (Å²) in [5, 5.41) is 15.0. The number of amidine groups is 1. The Morgan fingerprint density at radius 1 is 1.53 bits per heavy atom. The van der Waals surface area contributed by atoms with Gasteiger partial charge in [-0.3, -0.25) is 0 Å². The zero-order chi connectivity index (χ0) is 14.3. The first-order chi connectivity index (χ1) is 9.08. The SMILES string of the molecule is CCOCC(C)NCc1ccc(/C(N)=N/O)cc1C. The molecular weight excluding hydrogens is 242 g/mol. The number of aryl methyl sites for hydroxylation is 1. The van der Waals surface area contributed by atoms with Crippen LogP contribution in [0.3, 0.4) is 0 Å². The Labute approximate surface area is 114 Å². The van der Waals surface area contributed by atoms with E-state index in [2.05, 4.69) is 17.4 Å². The molecule has 5 heteroatoms. The molecule has 0 amide bonds.